The number of anilines is 1. The highest BCUT2D eigenvalue weighted by Crippen LogP contribution is 2.32. The summed E-state index contributed by atoms with van der Waals surface area (Å²) in [6.07, 6.45) is 6.97. The molecule has 2 amide bonds. The molecule has 0 unspecified atom stereocenters. The molecule has 1 aliphatic heterocycles. The van der Waals surface area contributed by atoms with Crippen LogP contribution in [0.15, 0.2) is 36.5 Å². The number of benzene rings is 1. The summed E-state index contributed by atoms with van der Waals surface area (Å²) < 4.78 is 11.0. The van der Waals surface area contributed by atoms with Gasteiger partial charge in [-0.2, -0.15) is 0 Å². The molecule has 1 aliphatic carbocycles. The van der Waals surface area contributed by atoms with Crippen LogP contribution in [-0.4, -0.2) is 36.1 Å². The maximum atomic E-state index is 12.6. The third kappa shape index (κ3) is 4.24. The fourth-order valence-corrected chi connectivity index (χ4v) is 3.53. The van der Waals surface area contributed by atoms with Crippen LogP contribution in [0.5, 0.6) is 11.5 Å². The molecule has 0 radical (unpaired) electrons. The van der Waals surface area contributed by atoms with Crippen molar-refractivity contribution in [3.05, 3.63) is 47.8 Å². The molecule has 2 N–H and O–H groups in total. The highest BCUT2D eigenvalue weighted by atomic mass is 16.6. The van der Waals surface area contributed by atoms with Gasteiger partial charge in [-0.25, -0.2) is 0 Å². The van der Waals surface area contributed by atoms with Crippen molar-refractivity contribution >= 4 is 17.5 Å². The number of hydrogen-bond acceptors (Lipinski definition) is 5. The number of carbonyl (C=O) groups excluding carboxylic acids is 2. The monoisotopic (exact) mass is 381 g/mol. The summed E-state index contributed by atoms with van der Waals surface area (Å²) in [7, 11) is 0. The van der Waals surface area contributed by atoms with Crippen LogP contribution in [0.2, 0.25) is 0 Å². The van der Waals surface area contributed by atoms with Crippen LogP contribution in [0.25, 0.3) is 0 Å². The molecule has 2 aliphatic rings. The summed E-state index contributed by atoms with van der Waals surface area (Å²) in [6, 6.07) is 8.54. The fourth-order valence-electron chi connectivity index (χ4n) is 3.53. The second-order valence-corrected chi connectivity index (χ2v) is 7.05. The third-order valence-corrected chi connectivity index (χ3v) is 5.00. The van der Waals surface area contributed by atoms with Crippen LogP contribution >= 0.6 is 0 Å². The Morgan fingerprint density at radius 1 is 0.929 bits per heavy atom. The van der Waals surface area contributed by atoms with E-state index in [1.54, 1.807) is 24.3 Å². The molecule has 0 atom stereocenters. The molecule has 0 spiro atoms. The van der Waals surface area contributed by atoms with Crippen LogP contribution in [0, 0.1) is 0 Å². The number of hydrogen-bond donors (Lipinski definition) is 2. The molecule has 2 aromatic rings. The number of aromatic nitrogens is 1. The standard InChI is InChI=1S/C21H23N3O4/c25-20(24-16-6-7-18-19(13-16)28-11-10-27-18)14-8-9-22-17(12-14)21(26)23-15-4-2-1-3-5-15/h6-9,12-13,15H,1-5,10-11H2,(H,23,26)(H,24,25). The molecular weight excluding hydrogens is 358 g/mol. The SMILES string of the molecule is O=C(Nc1ccc2c(c1)OCCO2)c1ccnc(C(=O)NC2CCCCC2)c1. The zero-order valence-corrected chi connectivity index (χ0v) is 15.6. The summed E-state index contributed by atoms with van der Waals surface area (Å²) in [4.78, 5) is 29.2. The van der Waals surface area contributed by atoms with E-state index in [0.717, 1.165) is 25.7 Å². The van der Waals surface area contributed by atoms with Crippen molar-refractivity contribution in [2.24, 2.45) is 0 Å². The number of carbonyl (C=O) groups is 2. The molecule has 1 fully saturated rings. The number of pyridine rings is 1. The Labute approximate surface area is 163 Å². The van der Waals surface area contributed by atoms with Gasteiger partial charge >= 0.3 is 0 Å². The van der Waals surface area contributed by atoms with Gasteiger partial charge < -0.3 is 20.1 Å². The Morgan fingerprint density at radius 3 is 2.54 bits per heavy atom. The Balaban J connectivity index is 1.43. The second kappa shape index (κ2) is 8.29. The van der Waals surface area contributed by atoms with E-state index in [4.69, 9.17) is 9.47 Å². The van der Waals surface area contributed by atoms with Gasteiger partial charge in [-0.15, -0.1) is 0 Å². The van der Waals surface area contributed by atoms with E-state index < -0.39 is 0 Å². The smallest absolute Gasteiger partial charge is 0.270 e. The minimum atomic E-state index is -0.314. The van der Waals surface area contributed by atoms with E-state index >= 15 is 0 Å². The first-order valence-electron chi connectivity index (χ1n) is 9.67. The first-order valence-corrected chi connectivity index (χ1v) is 9.67. The second-order valence-electron chi connectivity index (χ2n) is 7.05. The number of nitrogens with zero attached hydrogens (tertiary/aromatic N) is 1. The normalized spacial score (nSPS) is 16.3. The van der Waals surface area contributed by atoms with Crippen molar-refractivity contribution in [3.63, 3.8) is 0 Å². The summed E-state index contributed by atoms with van der Waals surface area (Å²) in [6.45, 7) is 0.996. The van der Waals surface area contributed by atoms with Gasteiger partial charge in [0.15, 0.2) is 11.5 Å². The maximum absolute atomic E-state index is 12.6. The van der Waals surface area contributed by atoms with E-state index in [0.29, 0.717) is 36.0 Å². The van der Waals surface area contributed by atoms with Crippen molar-refractivity contribution in [1.82, 2.24) is 10.3 Å². The van der Waals surface area contributed by atoms with Gasteiger partial charge in [-0.1, -0.05) is 19.3 Å². The molecular formula is C21H23N3O4. The minimum absolute atomic E-state index is 0.193. The maximum Gasteiger partial charge on any atom is 0.270 e. The fraction of sp³-hybridized carbons (Fsp3) is 0.381. The van der Waals surface area contributed by atoms with Crippen LogP contribution < -0.4 is 20.1 Å². The highest BCUT2D eigenvalue weighted by Gasteiger charge is 2.19. The van der Waals surface area contributed by atoms with E-state index in [1.807, 2.05) is 0 Å². The van der Waals surface area contributed by atoms with Crippen LogP contribution in [0.1, 0.15) is 53.0 Å². The van der Waals surface area contributed by atoms with Gasteiger partial charge in [0.05, 0.1) is 0 Å². The molecule has 146 valence electrons. The lowest BCUT2D eigenvalue weighted by Gasteiger charge is -2.22. The molecule has 7 heteroatoms. The van der Waals surface area contributed by atoms with Gasteiger partial charge in [0, 0.05) is 29.6 Å². The van der Waals surface area contributed by atoms with E-state index in [1.165, 1.54) is 18.7 Å². The lowest BCUT2D eigenvalue weighted by molar-refractivity contribution is 0.0922. The number of amides is 2. The van der Waals surface area contributed by atoms with E-state index in [2.05, 4.69) is 15.6 Å². The zero-order chi connectivity index (χ0) is 19.3. The lowest BCUT2D eigenvalue weighted by atomic mass is 9.95. The third-order valence-electron chi connectivity index (χ3n) is 5.00. The topological polar surface area (TPSA) is 89.6 Å². The van der Waals surface area contributed by atoms with Gasteiger partial charge in [-0.3, -0.25) is 14.6 Å². The van der Waals surface area contributed by atoms with Gasteiger partial charge in [-0.05, 0) is 37.1 Å². The molecule has 2 heterocycles. The van der Waals surface area contributed by atoms with Crippen molar-refractivity contribution in [1.29, 1.82) is 0 Å². The highest BCUT2D eigenvalue weighted by molar-refractivity contribution is 6.05. The Bertz CT molecular complexity index is 878. The zero-order valence-electron chi connectivity index (χ0n) is 15.6. The van der Waals surface area contributed by atoms with Crippen molar-refractivity contribution in [2.45, 2.75) is 38.1 Å². The summed E-state index contributed by atoms with van der Waals surface area (Å²) >= 11 is 0. The lowest BCUT2D eigenvalue weighted by Crippen LogP contribution is -2.36. The number of nitrogens with one attached hydrogen (secondary N) is 2. The number of ether oxygens (including phenoxy) is 2. The summed E-state index contributed by atoms with van der Waals surface area (Å²) in [5.74, 6) is 0.716. The largest absolute Gasteiger partial charge is 0.486 e. The average molecular weight is 381 g/mol. The molecule has 0 bridgehead atoms. The average Bonchev–Trinajstić information content (AvgIpc) is 2.74. The van der Waals surface area contributed by atoms with Crippen LogP contribution in [0.3, 0.4) is 0 Å². The quantitative estimate of drug-likeness (QED) is 0.849. The van der Waals surface area contributed by atoms with Crippen molar-refractivity contribution in [2.75, 3.05) is 18.5 Å². The Hall–Kier alpha value is -3.09. The predicted octanol–water partition coefficient (Wildman–Crippen LogP) is 3.17. The molecule has 1 aromatic heterocycles. The van der Waals surface area contributed by atoms with Crippen LogP contribution in [0.4, 0.5) is 5.69 Å². The van der Waals surface area contributed by atoms with Crippen molar-refractivity contribution in [3.8, 4) is 11.5 Å². The number of rotatable bonds is 4. The summed E-state index contributed by atoms with van der Waals surface area (Å²) in [5.41, 5.74) is 1.22. The van der Waals surface area contributed by atoms with E-state index in [9.17, 15) is 9.59 Å². The molecule has 1 aromatic carbocycles. The molecule has 7 nitrogen and oxygen atoms in total. The summed E-state index contributed by atoms with van der Waals surface area (Å²) in [5, 5.41) is 5.84. The van der Waals surface area contributed by atoms with Crippen LogP contribution in [-0.2, 0) is 0 Å². The molecule has 0 saturated heterocycles. The van der Waals surface area contributed by atoms with Gasteiger partial charge in [0.2, 0.25) is 0 Å². The molecule has 28 heavy (non-hydrogen) atoms. The van der Waals surface area contributed by atoms with Crippen molar-refractivity contribution < 1.29 is 19.1 Å². The Morgan fingerprint density at radius 2 is 1.71 bits per heavy atom. The minimum Gasteiger partial charge on any atom is -0.486 e. The Kier molecular flexibility index (Phi) is 5.41. The first kappa shape index (κ1) is 18.3. The first-order chi connectivity index (χ1) is 13.7. The van der Waals surface area contributed by atoms with E-state index in [-0.39, 0.29) is 23.6 Å². The van der Waals surface area contributed by atoms with Gasteiger partial charge in [0.25, 0.3) is 11.8 Å². The molecule has 1 saturated carbocycles. The predicted molar refractivity (Wildman–Crippen MR) is 104 cm³/mol. The number of fused-ring (bicyclic) bond motifs is 1. The molecule has 4 rings (SSSR count). The van der Waals surface area contributed by atoms with Gasteiger partial charge in [0.1, 0.15) is 18.9 Å².